The first-order chi connectivity index (χ1) is 13.5. The van der Waals surface area contributed by atoms with Gasteiger partial charge in [0.2, 0.25) is 23.6 Å². The molecule has 164 valence electrons. The van der Waals surface area contributed by atoms with Gasteiger partial charge in [0, 0.05) is 6.54 Å². The van der Waals surface area contributed by atoms with Crippen LogP contribution >= 0.6 is 0 Å². The normalized spacial score (nSPS) is 20.3. The molecular weight excluding hydrogens is 390 g/mol. The van der Waals surface area contributed by atoms with E-state index < -0.39 is 72.9 Å². The number of primary amides is 1. The van der Waals surface area contributed by atoms with E-state index >= 15 is 0 Å². The summed E-state index contributed by atoms with van der Waals surface area (Å²) in [7, 11) is 0. The molecule has 13 heteroatoms. The lowest BCUT2D eigenvalue weighted by Crippen LogP contribution is -2.59. The van der Waals surface area contributed by atoms with E-state index in [0.717, 1.165) is 4.90 Å². The summed E-state index contributed by atoms with van der Waals surface area (Å²) in [6.07, 6.45) is -1.15. The van der Waals surface area contributed by atoms with Gasteiger partial charge in [-0.3, -0.25) is 19.2 Å². The van der Waals surface area contributed by atoms with Crippen molar-refractivity contribution in [3.8, 4) is 0 Å². The summed E-state index contributed by atoms with van der Waals surface area (Å²) in [5, 5.41) is 32.3. The molecule has 0 radical (unpaired) electrons. The minimum atomic E-state index is -1.55. The quantitative estimate of drug-likeness (QED) is 0.182. The van der Waals surface area contributed by atoms with Crippen molar-refractivity contribution >= 4 is 29.6 Å². The Balaban J connectivity index is 2.86. The molecule has 0 saturated carbocycles. The van der Waals surface area contributed by atoms with Crippen LogP contribution < -0.4 is 22.1 Å². The lowest BCUT2D eigenvalue weighted by atomic mass is 10.1. The number of carboxylic acid groups (broad SMARTS) is 1. The van der Waals surface area contributed by atoms with Crippen LogP contribution in [0.1, 0.15) is 26.2 Å². The fourth-order valence-electron chi connectivity index (χ4n) is 2.84. The predicted octanol–water partition coefficient (Wildman–Crippen LogP) is -4.39. The van der Waals surface area contributed by atoms with Gasteiger partial charge in [-0.2, -0.15) is 0 Å². The number of amides is 4. The monoisotopic (exact) mass is 417 g/mol. The Kier molecular flexibility index (Phi) is 8.94. The zero-order valence-corrected chi connectivity index (χ0v) is 15.9. The number of nitrogens with two attached hydrogens (primary N) is 2. The molecular formula is C16H27N5O8. The average molecular weight is 417 g/mol. The molecule has 1 saturated heterocycles. The molecule has 0 spiro atoms. The van der Waals surface area contributed by atoms with Gasteiger partial charge in [0.05, 0.1) is 19.1 Å². The number of hydrogen-bond donors (Lipinski definition) is 7. The zero-order valence-electron chi connectivity index (χ0n) is 15.9. The highest BCUT2D eigenvalue weighted by Gasteiger charge is 2.39. The maximum absolute atomic E-state index is 12.7. The molecule has 1 aliphatic heterocycles. The van der Waals surface area contributed by atoms with Gasteiger partial charge < -0.3 is 42.3 Å². The van der Waals surface area contributed by atoms with E-state index in [1.165, 1.54) is 6.92 Å². The van der Waals surface area contributed by atoms with Crippen molar-refractivity contribution in [1.29, 1.82) is 0 Å². The number of carbonyl (C=O) groups is 5. The third kappa shape index (κ3) is 6.66. The Morgan fingerprint density at radius 2 is 1.79 bits per heavy atom. The van der Waals surface area contributed by atoms with Crippen LogP contribution in [0.25, 0.3) is 0 Å². The molecule has 13 nitrogen and oxygen atoms in total. The molecule has 1 heterocycles. The number of likely N-dealkylation sites (tertiary alicyclic amines) is 1. The third-order valence-corrected chi connectivity index (χ3v) is 4.48. The van der Waals surface area contributed by atoms with Crippen LogP contribution in [-0.4, -0.2) is 93.2 Å². The molecule has 0 aromatic rings. The molecule has 1 rings (SSSR count). The first kappa shape index (κ1) is 24.3. The van der Waals surface area contributed by atoms with Crippen LogP contribution in [0.2, 0.25) is 0 Å². The average Bonchev–Trinajstić information content (AvgIpc) is 3.13. The molecule has 5 atom stereocenters. The second-order valence-corrected chi connectivity index (χ2v) is 6.77. The summed E-state index contributed by atoms with van der Waals surface area (Å²) in [5.41, 5.74) is 10.5. The second-order valence-electron chi connectivity index (χ2n) is 6.77. The first-order valence-corrected chi connectivity index (χ1v) is 8.96. The van der Waals surface area contributed by atoms with E-state index in [-0.39, 0.29) is 13.0 Å². The van der Waals surface area contributed by atoms with E-state index in [1.54, 1.807) is 0 Å². The minimum Gasteiger partial charge on any atom is -0.480 e. The van der Waals surface area contributed by atoms with Gasteiger partial charge in [-0.15, -0.1) is 0 Å². The Labute approximate surface area is 166 Å². The molecule has 0 aromatic heterocycles. The largest absolute Gasteiger partial charge is 0.480 e. The molecule has 4 amide bonds. The molecule has 29 heavy (non-hydrogen) atoms. The van der Waals surface area contributed by atoms with Crippen LogP contribution in [-0.2, 0) is 24.0 Å². The molecule has 0 bridgehead atoms. The summed E-state index contributed by atoms with van der Waals surface area (Å²) in [5.74, 6) is -4.80. The van der Waals surface area contributed by atoms with Gasteiger partial charge in [0.25, 0.3) is 0 Å². The number of aliphatic hydroxyl groups is 2. The van der Waals surface area contributed by atoms with Gasteiger partial charge in [-0.1, -0.05) is 0 Å². The van der Waals surface area contributed by atoms with Crippen molar-refractivity contribution in [1.82, 2.24) is 15.5 Å². The smallest absolute Gasteiger partial charge is 0.326 e. The number of nitrogens with zero attached hydrogens (tertiary/aromatic N) is 1. The topological polar surface area (TPSA) is 225 Å². The standard InChI is InChI=1S/C16H27N5O8/c1-7(23)12(18)14(26)20-9(6-22)15(27)21-4-2-3-10(21)13(25)19-8(16(28)29)5-11(17)24/h7-10,12,22-23H,2-6,18H2,1H3,(H2,17,24)(H,19,25)(H,20,26)(H,28,29). The molecule has 1 fully saturated rings. The van der Waals surface area contributed by atoms with Crippen molar-refractivity contribution in [2.24, 2.45) is 11.5 Å². The van der Waals surface area contributed by atoms with E-state index in [0.29, 0.717) is 6.42 Å². The summed E-state index contributed by atoms with van der Waals surface area (Å²) in [4.78, 5) is 60.4. The highest BCUT2D eigenvalue weighted by molar-refractivity contribution is 5.95. The van der Waals surface area contributed by atoms with Crippen LogP contribution in [0.3, 0.4) is 0 Å². The van der Waals surface area contributed by atoms with Crippen molar-refractivity contribution in [2.45, 2.75) is 56.5 Å². The van der Waals surface area contributed by atoms with Gasteiger partial charge in [-0.25, -0.2) is 4.79 Å². The Morgan fingerprint density at radius 3 is 2.28 bits per heavy atom. The van der Waals surface area contributed by atoms with Crippen LogP contribution in [0.5, 0.6) is 0 Å². The van der Waals surface area contributed by atoms with Gasteiger partial charge in [-0.05, 0) is 19.8 Å². The lowest BCUT2D eigenvalue weighted by molar-refractivity contribution is -0.146. The number of carboxylic acids is 1. The van der Waals surface area contributed by atoms with Crippen molar-refractivity contribution in [3.63, 3.8) is 0 Å². The molecule has 5 unspecified atom stereocenters. The van der Waals surface area contributed by atoms with Crippen molar-refractivity contribution in [3.05, 3.63) is 0 Å². The SMILES string of the molecule is CC(O)C(N)C(=O)NC(CO)C(=O)N1CCCC1C(=O)NC(CC(N)=O)C(=O)O. The summed E-state index contributed by atoms with van der Waals surface area (Å²) < 4.78 is 0. The number of nitrogens with one attached hydrogen (secondary N) is 2. The van der Waals surface area contributed by atoms with Crippen molar-refractivity contribution < 1.29 is 39.3 Å². The Morgan fingerprint density at radius 1 is 1.17 bits per heavy atom. The van der Waals surface area contributed by atoms with E-state index in [1.807, 2.05) is 0 Å². The van der Waals surface area contributed by atoms with Crippen molar-refractivity contribution in [2.75, 3.05) is 13.2 Å². The van der Waals surface area contributed by atoms with E-state index in [4.69, 9.17) is 16.6 Å². The van der Waals surface area contributed by atoms with Gasteiger partial charge in [0.15, 0.2) is 0 Å². The predicted molar refractivity (Wildman–Crippen MR) is 96.8 cm³/mol. The second kappa shape index (κ2) is 10.7. The molecule has 9 N–H and O–H groups in total. The Hall–Kier alpha value is -2.77. The number of hydrogen-bond acceptors (Lipinski definition) is 8. The summed E-state index contributed by atoms with van der Waals surface area (Å²) >= 11 is 0. The highest BCUT2D eigenvalue weighted by Crippen LogP contribution is 2.19. The molecule has 0 aliphatic carbocycles. The van der Waals surface area contributed by atoms with E-state index in [9.17, 15) is 34.2 Å². The number of aliphatic hydroxyl groups excluding tert-OH is 2. The Bertz CT molecular complexity index is 655. The lowest BCUT2D eigenvalue weighted by Gasteiger charge is -2.29. The summed E-state index contributed by atoms with van der Waals surface area (Å²) in [6, 6.07) is -5.32. The number of rotatable bonds is 10. The highest BCUT2D eigenvalue weighted by atomic mass is 16.4. The van der Waals surface area contributed by atoms with Crippen LogP contribution in [0, 0.1) is 0 Å². The number of carbonyl (C=O) groups excluding carboxylic acids is 4. The van der Waals surface area contributed by atoms with Crippen LogP contribution in [0.4, 0.5) is 0 Å². The summed E-state index contributed by atoms with van der Waals surface area (Å²) in [6.45, 7) is 0.645. The third-order valence-electron chi connectivity index (χ3n) is 4.48. The van der Waals surface area contributed by atoms with E-state index in [2.05, 4.69) is 10.6 Å². The number of aliphatic carboxylic acids is 1. The fourth-order valence-corrected chi connectivity index (χ4v) is 2.84. The first-order valence-electron chi connectivity index (χ1n) is 8.96. The van der Waals surface area contributed by atoms with Gasteiger partial charge in [0.1, 0.15) is 24.2 Å². The minimum absolute atomic E-state index is 0.138. The molecule has 0 aromatic carbocycles. The van der Waals surface area contributed by atoms with Gasteiger partial charge >= 0.3 is 5.97 Å². The fraction of sp³-hybridized carbons (Fsp3) is 0.688. The maximum Gasteiger partial charge on any atom is 0.326 e. The zero-order chi connectivity index (χ0) is 22.3. The maximum atomic E-state index is 12.7. The molecule has 1 aliphatic rings. The van der Waals surface area contributed by atoms with Crippen LogP contribution in [0.15, 0.2) is 0 Å².